The number of rotatable bonds is 5. The summed E-state index contributed by atoms with van der Waals surface area (Å²) in [4.78, 5) is 51.7. The quantitative estimate of drug-likeness (QED) is 0.566. The molecule has 0 fully saturated rings. The first-order valence-corrected chi connectivity index (χ1v) is 11.1. The molecule has 1 heterocycles. The Morgan fingerprint density at radius 3 is 2.29 bits per heavy atom. The van der Waals surface area contributed by atoms with E-state index in [2.05, 4.69) is 10.6 Å². The molecule has 186 valence electrons. The van der Waals surface area contributed by atoms with E-state index in [0.717, 1.165) is 5.56 Å². The van der Waals surface area contributed by atoms with Gasteiger partial charge in [0.1, 0.15) is 17.5 Å². The van der Waals surface area contributed by atoms with Crippen molar-refractivity contribution in [1.82, 2.24) is 15.5 Å². The van der Waals surface area contributed by atoms with Crippen molar-refractivity contribution in [3.05, 3.63) is 47.5 Å². The van der Waals surface area contributed by atoms with Gasteiger partial charge in [0.05, 0.1) is 33.4 Å². The maximum atomic E-state index is 13.2. The van der Waals surface area contributed by atoms with Crippen LogP contribution in [0.2, 0.25) is 0 Å². The van der Waals surface area contributed by atoms with E-state index in [9.17, 15) is 19.2 Å². The van der Waals surface area contributed by atoms with Crippen molar-refractivity contribution in [1.29, 1.82) is 0 Å². The first-order chi connectivity index (χ1) is 16.7. The molecule has 1 unspecified atom stereocenters. The monoisotopic (exact) mass is 482 g/mol. The second kappa shape index (κ2) is 11.0. The standard InChI is InChI=1S/C25H30N4O6/c1-14(30)19-10-15-5-7-20(34-3)17(9-15)18-11-16(6-8-21(18)35-4)24(29(2)23(32)12-26)25(33)27-13-22(31)28-19/h5-9,11,19,24H,10,12-13,26H2,1-4H3,(H,27,33)(H,28,31)/t19-,24?/m0/s1. The summed E-state index contributed by atoms with van der Waals surface area (Å²) in [7, 11) is 4.54. The number of benzene rings is 2. The van der Waals surface area contributed by atoms with Crippen LogP contribution >= 0.6 is 0 Å². The molecule has 1 aliphatic heterocycles. The van der Waals surface area contributed by atoms with Crippen LogP contribution in [0.5, 0.6) is 11.5 Å². The molecule has 2 atom stereocenters. The molecule has 3 rings (SSSR count). The van der Waals surface area contributed by atoms with Gasteiger partial charge in [-0.3, -0.25) is 19.2 Å². The summed E-state index contributed by atoms with van der Waals surface area (Å²) in [6.07, 6.45) is 0.254. The number of likely N-dealkylation sites (N-methyl/N-ethyl adjacent to an activating group) is 1. The van der Waals surface area contributed by atoms with Crippen molar-refractivity contribution in [2.75, 3.05) is 34.4 Å². The second-order valence-corrected chi connectivity index (χ2v) is 8.26. The van der Waals surface area contributed by atoms with E-state index in [1.807, 2.05) is 12.1 Å². The van der Waals surface area contributed by atoms with Gasteiger partial charge in [-0.1, -0.05) is 12.1 Å². The lowest BCUT2D eigenvalue weighted by atomic mass is 9.93. The third kappa shape index (κ3) is 5.60. The van der Waals surface area contributed by atoms with Gasteiger partial charge >= 0.3 is 0 Å². The molecule has 10 heteroatoms. The zero-order chi connectivity index (χ0) is 25.7. The van der Waals surface area contributed by atoms with Crippen LogP contribution in [0.3, 0.4) is 0 Å². The Morgan fingerprint density at radius 2 is 1.69 bits per heavy atom. The number of ether oxygens (including phenoxy) is 2. The molecule has 0 aromatic heterocycles. The molecule has 35 heavy (non-hydrogen) atoms. The number of amides is 3. The molecule has 0 saturated heterocycles. The summed E-state index contributed by atoms with van der Waals surface area (Å²) >= 11 is 0. The highest BCUT2D eigenvalue weighted by Gasteiger charge is 2.30. The summed E-state index contributed by atoms with van der Waals surface area (Å²) in [5.41, 5.74) is 8.14. The first kappa shape index (κ1) is 25.7. The van der Waals surface area contributed by atoms with Gasteiger partial charge in [-0.05, 0) is 48.7 Å². The van der Waals surface area contributed by atoms with Gasteiger partial charge in [0.15, 0.2) is 5.78 Å². The number of carbonyl (C=O) groups is 4. The zero-order valence-corrected chi connectivity index (χ0v) is 20.2. The van der Waals surface area contributed by atoms with E-state index in [-0.39, 0.29) is 25.3 Å². The second-order valence-electron chi connectivity index (χ2n) is 8.26. The predicted molar refractivity (Wildman–Crippen MR) is 129 cm³/mol. The SMILES string of the molecule is COc1ccc2cc1-c1cc(ccc1OC)C(N(C)C(=O)CN)C(=O)NCC(=O)N[C@H](C(C)=O)C2. The van der Waals surface area contributed by atoms with Crippen LogP contribution in [0.15, 0.2) is 36.4 Å². The average Bonchev–Trinajstić information content (AvgIpc) is 2.85. The molecule has 10 nitrogen and oxygen atoms in total. The minimum Gasteiger partial charge on any atom is -0.496 e. The van der Waals surface area contributed by atoms with Crippen molar-refractivity contribution < 1.29 is 28.7 Å². The van der Waals surface area contributed by atoms with Gasteiger partial charge < -0.3 is 30.7 Å². The lowest BCUT2D eigenvalue weighted by Crippen LogP contribution is -2.49. The maximum absolute atomic E-state index is 13.2. The molecule has 4 N–H and O–H groups in total. The number of nitrogens with one attached hydrogen (secondary N) is 2. The lowest BCUT2D eigenvalue weighted by molar-refractivity contribution is -0.138. The third-order valence-electron chi connectivity index (χ3n) is 5.99. The number of carbonyl (C=O) groups excluding carboxylic acids is 4. The lowest BCUT2D eigenvalue weighted by Gasteiger charge is -2.28. The molecule has 4 bridgehead atoms. The highest BCUT2D eigenvalue weighted by atomic mass is 16.5. The topological polar surface area (TPSA) is 140 Å². The Balaban J connectivity index is 2.26. The van der Waals surface area contributed by atoms with Crippen LogP contribution in [-0.4, -0.2) is 68.8 Å². The number of methoxy groups -OCH3 is 2. The molecular weight excluding hydrogens is 452 g/mol. The van der Waals surface area contributed by atoms with Crippen LogP contribution in [0.1, 0.15) is 24.1 Å². The normalized spacial score (nSPS) is 18.0. The van der Waals surface area contributed by atoms with Crippen LogP contribution in [0, 0.1) is 0 Å². The van der Waals surface area contributed by atoms with Crippen molar-refractivity contribution in [3.8, 4) is 22.6 Å². The zero-order valence-electron chi connectivity index (χ0n) is 20.2. The van der Waals surface area contributed by atoms with Gasteiger partial charge in [-0.2, -0.15) is 0 Å². The summed E-state index contributed by atoms with van der Waals surface area (Å²) in [6.45, 7) is 0.744. The van der Waals surface area contributed by atoms with E-state index in [4.69, 9.17) is 15.2 Å². The van der Waals surface area contributed by atoms with Crippen LogP contribution in [0.25, 0.3) is 11.1 Å². The summed E-state index contributed by atoms with van der Waals surface area (Å²) < 4.78 is 11.2. The number of Topliss-reactive ketones (excluding diaryl/α,β-unsaturated/α-hetero) is 1. The van der Waals surface area contributed by atoms with Gasteiger partial charge in [0.2, 0.25) is 17.7 Å². The number of hydrogen-bond acceptors (Lipinski definition) is 7. The van der Waals surface area contributed by atoms with Crippen molar-refractivity contribution >= 4 is 23.5 Å². The van der Waals surface area contributed by atoms with E-state index in [0.29, 0.717) is 28.2 Å². The Hall–Kier alpha value is -3.92. The fraction of sp³-hybridized carbons (Fsp3) is 0.360. The molecular formula is C25H30N4O6. The van der Waals surface area contributed by atoms with Crippen LogP contribution in [0.4, 0.5) is 0 Å². The molecule has 0 radical (unpaired) electrons. The maximum Gasteiger partial charge on any atom is 0.247 e. The Labute approximate surface area is 203 Å². The third-order valence-corrected chi connectivity index (χ3v) is 5.99. The van der Waals surface area contributed by atoms with E-state index < -0.39 is 29.8 Å². The molecule has 0 saturated carbocycles. The van der Waals surface area contributed by atoms with Gasteiger partial charge in [-0.25, -0.2) is 0 Å². The van der Waals surface area contributed by atoms with E-state index in [1.54, 1.807) is 24.3 Å². The Kier molecular flexibility index (Phi) is 8.08. The predicted octanol–water partition coefficient (Wildman–Crippen LogP) is 0.575. The number of hydrogen-bond donors (Lipinski definition) is 3. The Bertz CT molecular complexity index is 1150. The highest BCUT2D eigenvalue weighted by molar-refractivity contribution is 5.94. The fourth-order valence-corrected chi connectivity index (χ4v) is 4.08. The minimum atomic E-state index is -1.07. The molecule has 2 aromatic rings. The van der Waals surface area contributed by atoms with Gasteiger partial charge in [-0.15, -0.1) is 0 Å². The molecule has 2 aromatic carbocycles. The highest BCUT2D eigenvalue weighted by Crippen LogP contribution is 2.39. The molecule has 0 aliphatic carbocycles. The first-order valence-electron chi connectivity index (χ1n) is 11.1. The number of nitrogens with two attached hydrogens (primary N) is 1. The van der Waals surface area contributed by atoms with Crippen molar-refractivity contribution in [3.63, 3.8) is 0 Å². The molecule has 0 spiro atoms. The number of nitrogens with zero attached hydrogens (tertiary/aromatic N) is 1. The van der Waals surface area contributed by atoms with E-state index >= 15 is 0 Å². The fourth-order valence-electron chi connectivity index (χ4n) is 4.08. The Morgan fingerprint density at radius 1 is 1.06 bits per heavy atom. The summed E-state index contributed by atoms with van der Waals surface area (Å²) in [5.74, 6) is -0.694. The van der Waals surface area contributed by atoms with Crippen molar-refractivity contribution in [2.45, 2.75) is 25.4 Å². The van der Waals surface area contributed by atoms with Gasteiger partial charge in [0.25, 0.3) is 0 Å². The molecule has 1 aliphatic rings. The van der Waals surface area contributed by atoms with Crippen LogP contribution in [-0.2, 0) is 25.6 Å². The smallest absolute Gasteiger partial charge is 0.247 e. The summed E-state index contributed by atoms with van der Waals surface area (Å²) in [5, 5.41) is 5.25. The largest absolute Gasteiger partial charge is 0.496 e. The summed E-state index contributed by atoms with van der Waals surface area (Å²) in [6, 6.07) is 8.74. The number of fused-ring (bicyclic) bond motifs is 5. The van der Waals surface area contributed by atoms with Crippen molar-refractivity contribution in [2.24, 2.45) is 5.73 Å². The molecule has 3 amide bonds. The average molecular weight is 483 g/mol. The van der Waals surface area contributed by atoms with Crippen LogP contribution < -0.4 is 25.8 Å². The van der Waals surface area contributed by atoms with E-state index in [1.165, 1.54) is 33.1 Å². The number of ketones is 1. The minimum absolute atomic E-state index is 0.222. The van der Waals surface area contributed by atoms with Gasteiger partial charge in [0, 0.05) is 18.2 Å².